The smallest absolute Gasteiger partial charge is 0.163 e. The highest BCUT2D eigenvalue weighted by molar-refractivity contribution is 5.62. The number of piperidine rings is 1. The SMILES string of the molecule is CC1CCCN(c2cc(N(C)CCc3ccncc3)nc(-c3ccccc3)n2)C1. The van der Waals surface area contributed by atoms with E-state index in [2.05, 4.69) is 59.1 Å². The van der Waals surface area contributed by atoms with E-state index in [9.17, 15) is 0 Å². The second-order valence-corrected chi connectivity index (χ2v) is 7.99. The average Bonchev–Trinajstić information content (AvgIpc) is 2.78. The fourth-order valence-corrected chi connectivity index (χ4v) is 3.85. The van der Waals surface area contributed by atoms with Crippen molar-refractivity contribution in [3.8, 4) is 11.4 Å². The molecule has 0 radical (unpaired) electrons. The topological polar surface area (TPSA) is 45.2 Å². The lowest BCUT2D eigenvalue weighted by Gasteiger charge is -2.32. The van der Waals surface area contributed by atoms with Crippen LogP contribution in [0.25, 0.3) is 11.4 Å². The molecule has 5 nitrogen and oxygen atoms in total. The van der Waals surface area contributed by atoms with Crippen molar-refractivity contribution in [2.45, 2.75) is 26.2 Å². The molecule has 0 spiro atoms. The van der Waals surface area contributed by atoms with Crippen LogP contribution in [0.5, 0.6) is 0 Å². The number of hydrogen-bond acceptors (Lipinski definition) is 5. The quantitative estimate of drug-likeness (QED) is 0.625. The molecule has 0 N–H and O–H groups in total. The number of anilines is 2. The van der Waals surface area contributed by atoms with Crippen LogP contribution in [0.3, 0.4) is 0 Å². The summed E-state index contributed by atoms with van der Waals surface area (Å²) in [6, 6.07) is 16.6. The molecule has 1 atom stereocenters. The molecule has 4 rings (SSSR count). The standard InChI is InChI=1S/C24H29N5/c1-19-7-6-15-29(18-19)23-17-22(26-24(27-23)21-8-4-3-5-9-21)28(2)16-12-20-10-13-25-14-11-20/h3-5,8-11,13-14,17,19H,6-7,12,15-16,18H2,1-2H3. The van der Waals surface area contributed by atoms with Gasteiger partial charge in [-0.25, -0.2) is 9.97 Å². The summed E-state index contributed by atoms with van der Waals surface area (Å²) in [5, 5.41) is 0. The third-order valence-electron chi connectivity index (χ3n) is 5.59. The first-order valence-electron chi connectivity index (χ1n) is 10.5. The summed E-state index contributed by atoms with van der Waals surface area (Å²) in [6.45, 7) is 5.35. The highest BCUT2D eigenvalue weighted by atomic mass is 15.2. The van der Waals surface area contributed by atoms with E-state index >= 15 is 0 Å². The van der Waals surface area contributed by atoms with Gasteiger partial charge in [0.25, 0.3) is 0 Å². The van der Waals surface area contributed by atoms with Crippen LogP contribution >= 0.6 is 0 Å². The largest absolute Gasteiger partial charge is 0.359 e. The van der Waals surface area contributed by atoms with Gasteiger partial charge in [0.15, 0.2) is 5.82 Å². The van der Waals surface area contributed by atoms with E-state index in [4.69, 9.17) is 9.97 Å². The molecule has 1 fully saturated rings. The Labute approximate surface area is 173 Å². The summed E-state index contributed by atoms with van der Waals surface area (Å²) >= 11 is 0. The lowest BCUT2D eigenvalue weighted by atomic mass is 10.0. The molecule has 3 aromatic rings. The van der Waals surface area contributed by atoms with E-state index in [1.165, 1.54) is 18.4 Å². The Morgan fingerprint density at radius 1 is 1.07 bits per heavy atom. The lowest BCUT2D eigenvalue weighted by molar-refractivity contribution is 0.444. The van der Waals surface area contributed by atoms with E-state index in [-0.39, 0.29) is 0 Å². The summed E-state index contributed by atoms with van der Waals surface area (Å²) in [7, 11) is 2.11. The van der Waals surface area contributed by atoms with Gasteiger partial charge in [0.2, 0.25) is 0 Å². The van der Waals surface area contributed by atoms with Gasteiger partial charge in [-0.15, -0.1) is 0 Å². The third-order valence-corrected chi connectivity index (χ3v) is 5.59. The highest BCUT2D eigenvalue weighted by Gasteiger charge is 2.20. The molecule has 150 valence electrons. The Morgan fingerprint density at radius 3 is 2.62 bits per heavy atom. The molecule has 0 saturated carbocycles. The molecule has 2 aromatic heterocycles. The van der Waals surface area contributed by atoms with Crippen LogP contribution in [0.15, 0.2) is 60.9 Å². The predicted molar refractivity (Wildman–Crippen MR) is 119 cm³/mol. The van der Waals surface area contributed by atoms with E-state index in [1.54, 1.807) is 0 Å². The van der Waals surface area contributed by atoms with Crippen molar-refractivity contribution in [3.63, 3.8) is 0 Å². The number of nitrogens with zero attached hydrogens (tertiary/aromatic N) is 5. The molecule has 1 unspecified atom stereocenters. The van der Waals surface area contributed by atoms with Crippen LogP contribution in [0, 0.1) is 5.92 Å². The van der Waals surface area contributed by atoms with Crippen LogP contribution < -0.4 is 9.80 Å². The summed E-state index contributed by atoms with van der Waals surface area (Å²) in [5.74, 6) is 3.51. The van der Waals surface area contributed by atoms with Crippen molar-refractivity contribution in [1.29, 1.82) is 0 Å². The third kappa shape index (κ3) is 4.91. The van der Waals surface area contributed by atoms with E-state index < -0.39 is 0 Å². The van der Waals surface area contributed by atoms with Gasteiger partial charge in [-0.3, -0.25) is 4.98 Å². The molecule has 0 aliphatic carbocycles. The molecular weight excluding hydrogens is 358 g/mol. The Hall–Kier alpha value is -2.95. The molecule has 29 heavy (non-hydrogen) atoms. The van der Waals surface area contributed by atoms with E-state index in [1.807, 2.05) is 30.6 Å². The zero-order valence-electron chi connectivity index (χ0n) is 17.3. The molecule has 1 saturated heterocycles. The van der Waals surface area contributed by atoms with Gasteiger partial charge in [-0.1, -0.05) is 37.3 Å². The summed E-state index contributed by atoms with van der Waals surface area (Å²) in [5.41, 5.74) is 2.34. The van der Waals surface area contributed by atoms with Crippen LogP contribution in [0.1, 0.15) is 25.3 Å². The Bertz CT molecular complexity index is 913. The van der Waals surface area contributed by atoms with Crippen LogP contribution in [0.4, 0.5) is 11.6 Å². The van der Waals surface area contributed by atoms with Gasteiger partial charge in [0.1, 0.15) is 11.6 Å². The maximum absolute atomic E-state index is 4.94. The Morgan fingerprint density at radius 2 is 1.86 bits per heavy atom. The maximum atomic E-state index is 4.94. The van der Waals surface area contributed by atoms with Crippen molar-refractivity contribution in [2.75, 3.05) is 36.5 Å². The second kappa shape index (κ2) is 9.03. The molecule has 1 aliphatic heterocycles. The number of aromatic nitrogens is 3. The highest BCUT2D eigenvalue weighted by Crippen LogP contribution is 2.27. The fraction of sp³-hybridized carbons (Fsp3) is 0.375. The number of likely N-dealkylation sites (N-methyl/N-ethyl adjacent to an activating group) is 1. The molecule has 1 aliphatic rings. The first kappa shape index (κ1) is 19.4. The van der Waals surface area contributed by atoms with E-state index in [0.717, 1.165) is 49.1 Å². The number of benzene rings is 1. The van der Waals surface area contributed by atoms with Gasteiger partial charge in [-0.2, -0.15) is 0 Å². The van der Waals surface area contributed by atoms with Crippen molar-refractivity contribution < 1.29 is 0 Å². The molecule has 0 amide bonds. The first-order valence-corrected chi connectivity index (χ1v) is 10.5. The molecule has 0 bridgehead atoms. The van der Waals surface area contributed by atoms with Gasteiger partial charge in [-0.05, 0) is 42.9 Å². The van der Waals surface area contributed by atoms with Gasteiger partial charge < -0.3 is 9.80 Å². The second-order valence-electron chi connectivity index (χ2n) is 7.99. The first-order chi connectivity index (χ1) is 14.2. The molecule has 5 heteroatoms. The zero-order chi connectivity index (χ0) is 20.1. The predicted octanol–water partition coefficient (Wildman–Crippen LogP) is 4.45. The van der Waals surface area contributed by atoms with Crippen LogP contribution in [-0.4, -0.2) is 41.6 Å². The van der Waals surface area contributed by atoms with Crippen LogP contribution in [-0.2, 0) is 6.42 Å². The molecule has 1 aromatic carbocycles. The Kier molecular flexibility index (Phi) is 6.03. The van der Waals surface area contributed by atoms with Crippen molar-refractivity contribution >= 4 is 11.6 Å². The normalized spacial score (nSPS) is 16.6. The summed E-state index contributed by atoms with van der Waals surface area (Å²) in [4.78, 5) is 18.6. The Balaban J connectivity index is 1.62. The number of hydrogen-bond donors (Lipinski definition) is 0. The number of pyridine rings is 1. The molecular formula is C24H29N5. The average molecular weight is 388 g/mol. The van der Waals surface area contributed by atoms with Crippen LogP contribution in [0.2, 0.25) is 0 Å². The van der Waals surface area contributed by atoms with Crippen molar-refractivity contribution in [1.82, 2.24) is 15.0 Å². The zero-order valence-corrected chi connectivity index (χ0v) is 17.3. The van der Waals surface area contributed by atoms with E-state index in [0.29, 0.717) is 5.92 Å². The van der Waals surface area contributed by atoms with Gasteiger partial charge in [0, 0.05) is 50.7 Å². The monoisotopic (exact) mass is 387 g/mol. The molecule has 3 heterocycles. The van der Waals surface area contributed by atoms with Crippen molar-refractivity contribution in [2.24, 2.45) is 5.92 Å². The number of rotatable bonds is 6. The summed E-state index contributed by atoms with van der Waals surface area (Å²) in [6.07, 6.45) is 7.18. The lowest BCUT2D eigenvalue weighted by Crippen LogP contribution is -2.35. The maximum Gasteiger partial charge on any atom is 0.163 e. The fourth-order valence-electron chi connectivity index (χ4n) is 3.85. The minimum absolute atomic E-state index is 0.701. The minimum atomic E-state index is 0.701. The minimum Gasteiger partial charge on any atom is -0.359 e. The summed E-state index contributed by atoms with van der Waals surface area (Å²) < 4.78 is 0. The van der Waals surface area contributed by atoms with Crippen molar-refractivity contribution in [3.05, 3.63) is 66.5 Å². The van der Waals surface area contributed by atoms with Gasteiger partial charge in [0.05, 0.1) is 0 Å². The van der Waals surface area contributed by atoms with Gasteiger partial charge >= 0.3 is 0 Å².